The number of carbonyl (C=O) groups excluding carboxylic acids is 2. The summed E-state index contributed by atoms with van der Waals surface area (Å²) in [6, 6.07) is 17.2. The maximum atomic E-state index is 12.7. The highest BCUT2D eigenvalue weighted by Gasteiger charge is 2.37. The molecule has 1 unspecified atom stereocenters. The molecule has 0 aliphatic heterocycles. The molecule has 2 N–H and O–H groups in total. The number of hydrogen-bond acceptors (Lipinski definition) is 2. The van der Waals surface area contributed by atoms with Crippen molar-refractivity contribution in [1.29, 1.82) is 0 Å². The number of rotatable bonds is 6. The van der Waals surface area contributed by atoms with E-state index in [-0.39, 0.29) is 17.9 Å². The highest BCUT2D eigenvalue weighted by Crippen LogP contribution is 2.23. The van der Waals surface area contributed by atoms with Crippen LogP contribution in [-0.4, -0.2) is 11.8 Å². The monoisotopic (exact) mass is 338 g/mol. The fourth-order valence-corrected chi connectivity index (χ4v) is 2.53. The van der Waals surface area contributed by atoms with Crippen molar-refractivity contribution in [2.45, 2.75) is 40.2 Å². The summed E-state index contributed by atoms with van der Waals surface area (Å²) in [4.78, 5) is 25.4. The quantitative estimate of drug-likeness (QED) is 0.779. The lowest BCUT2D eigenvalue weighted by Gasteiger charge is -2.25. The van der Waals surface area contributed by atoms with Crippen molar-refractivity contribution in [3.8, 4) is 0 Å². The van der Waals surface area contributed by atoms with E-state index < -0.39 is 5.41 Å². The van der Waals surface area contributed by atoms with Crippen LogP contribution in [0.15, 0.2) is 54.6 Å². The lowest BCUT2D eigenvalue weighted by Crippen LogP contribution is -2.45. The summed E-state index contributed by atoms with van der Waals surface area (Å²) < 4.78 is 0. The van der Waals surface area contributed by atoms with Gasteiger partial charge in [0, 0.05) is 5.69 Å². The van der Waals surface area contributed by atoms with Crippen molar-refractivity contribution < 1.29 is 9.59 Å². The zero-order valence-corrected chi connectivity index (χ0v) is 15.3. The largest absolute Gasteiger partial charge is 0.349 e. The van der Waals surface area contributed by atoms with Gasteiger partial charge in [0.15, 0.2) is 0 Å². The van der Waals surface area contributed by atoms with E-state index in [2.05, 4.69) is 10.6 Å². The van der Waals surface area contributed by atoms with Crippen molar-refractivity contribution in [1.82, 2.24) is 5.32 Å². The van der Waals surface area contributed by atoms with Crippen molar-refractivity contribution in [2.75, 3.05) is 5.32 Å². The second-order valence-corrected chi connectivity index (χ2v) is 6.70. The van der Waals surface area contributed by atoms with E-state index in [4.69, 9.17) is 0 Å². The molecule has 132 valence electrons. The van der Waals surface area contributed by atoms with Crippen molar-refractivity contribution in [3.05, 3.63) is 65.7 Å². The summed E-state index contributed by atoms with van der Waals surface area (Å²) in [5, 5.41) is 5.83. The molecule has 0 bridgehead atoms. The molecule has 0 aliphatic carbocycles. The Balaban J connectivity index is 2.08. The molecule has 0 saturated carbocycles. The standard InChI is InChI=1S/C21H26N2O2/c1-5-16-11-9-10-14-18(16)23-20(25)21(3,4)19(24)22-15(2)17-12-7-6-8-13-17/h6-15H,5H2,1-4H3,(H,22,24)(H,23,25). The number of amides is 2. The van der Waals surface area contributed by atoms with E-state index in [1.54, 1.807) is 13.8 Å². The summed E-state index contributed by atoms with van der Waals surface area (Å²) in [6.07, 6.45) is 0.814. The maximum absolute atomic E-state index is 12.7. The molecule has 0 aromatic heterocycles. The zero-order valence-electron chi connectivity index (χ0n) is 15.3. The summed E-state index contributed by atoms with van der Waals surface area (Å²) >= 11 is 0. The molecule has 0 aliphatic rings. The third-order valence-electron chi connectivity index (χ3n) is 4.43. The number of para-hydroxylation sites is 1. The van der Waals surface area contributed by atoms with Gasteiger partial charge in [-0.3, -0.25) is 9.59 Å². The van der Waals surface area contributed by atoms with Gasteiger partial charge in [0.1, 0.15) is 5.41 Å². The average molecular weight is 338 g/mol. The lowest BCUT2D eigenvalue weighted by atomic mass is 9.90. The van der Waals surface area contributed by atoms with Gasteiger partial charge in [-0.25, -0.2) is 0 Å². The molecule has 0 fully saturated rings. The van der Waals surface area contributed by atoms with Gasteiger partial charge >= 0.3 is 0 Å². The minimum atomic E-state index is -1.18. The van der Waals surface area contributed by atoms with E-state index in [1.807, 2.05) is 68.4 Å². The molecule has 1 atom stereocenters. The Morgan fingerprint density at radius 1 is 0.960 bits per heavy atom. The average Bonchev–Trinajstić information content (AvgIpc) is 2.62. The second kappa shape index (κ2) is 7.97. The highest BCUT2D eigenvalue weighted by molar-refractivity contribution is 6.10. The van der Waals surface area contributed by atoms with Crippen molar-refractivity contribution >= 4 is 17.5 Å². The van der Waals surface area contributed by atoms with E-state index in [0.717, 1.165) is 23.2 Å². The predicted octanol–water partition coefficient (Wildman–Crippen LogP) is 4.09. The summed E-state index contributed by atoms with van der Waals surface area (Å²) in [6.45, 7) is 7.23. The minimum Gasteiger partial charge on any atom is -0.349 e. The first-order valence-corrected chi connectivity index (χ1v) is 8.61. The molecule has 25 heavy (non-hydrogen) atoms. The number of anilines is 1. The number of nitrogens with one attached hydrogen (secondary N) is 2. The van der Waals surface area contributed by atoms with Crippen LogP contribution in [-0.2, 0) is 16.0 Å². The van der Waals surface area contributed by atoms with Crippen LogP contribution in [0, 0.1) is 5.41 Å². The van der Waals surface area contributed by atoms with Gasteiger partial charge in [-0.1, -0.05) is 55.5 Å². The molecule has 4 heteroatoms. The molecule has 0 heterocycles. The molecular weight excluding hydrogens is 312 g/mol. The minimum absolute atomic E-state index is 0.163. The van der Waals surface area contributed by atoms with E-state index in [9.17, 15) is 9.59 Å². The summed E-state index contributed by atoms with van der Waals surface area (Å²) in [7, 11) is 0. The molecule has 0 saturated heterocycles. The van der Waals surface area contributed by atoms with Crippen LogP contribution in [0.25, 0.3) is 0 Å². The number of aryl methyl sites for hydroxylation is 1. The Hall–Kier alpha value is -2.62. The van der Waals surface area contributed by atoms with Gasteiger partial charge in [-0.2, -0.15) is 0 Å². The Kier molecular flexibility index (Phi) is 5.97. The second-order valence-electron chi connectivity index (χ2n) is 6.70. The van der Waals surface area contributed by atoms with E-state index >= 15 is 0 Å². The molecule has 2 rings (SSSR count). The maximum Gasteiger partial charge on any atom is 0.239 e. The van der Waals surface area contributed by atoms with Gasteiger partial charge in [0.05, 0.1) is 6.04 Å². The zero-order chi connectivity index (χ0) is 18.4. The molecule has 4 nitrogen and oxygen atoms in total. The van der Waals surface area contributed by atoms with Gasteiger partial charge in [0.25, 0.3) is 0 Å². The summed E-state index contributed by atoms with van der Waals surface area (Å²) in [5.74, 6) is -0.610. The topological polar surface area (TPSA) is 58.2 Å². The number of hydrogen-bond donors (Lipinski definition) is 2. The highest BCUT2D eigenvalue weighted by atomic mass is 16.2. The number of benzene rings is 2. The third-order valence-corrected chi connectivity index (χ3v) is 4.43. The Labute approximate surface area is 149 Å². The first-order valence-electron chi connectivity index (χ1n) is 8.61. The first-order chi connectivity index (χ1) is 11.9. The molecule has 0 radical (unpaired) electrons. The molecule has 2 amide bonds. The van der Waals surface area contributed by atoms with Gasteiger partial charge < -0.3 is 10.6 Å². The fourth-order valence-electron chi connectivity index (χ4n) is 2.53. The van der Waals surface area contributed by atoms with Crippen LogP contribution in [0.3, 0.4) is 0 Å². The van der Waals surface area contributed by atoms with Gasteiger partial charge in [-0.15, -0.1) is 0 Å². The Morgan fingerprint density at radius 3 is 2.20 bits per heavy atom. The molecular formula is C21H26N2O2. The van der Waals surface area contributed by atoms with Crippen molar-refractivity contribution in [2.24, 2.45) is 5.41 Å². The van der Waals surface area contributed by atoms with E-state index in [1.165, 1.54) is 0 Å². The fraction of sp³-hybridized carbons (Fsp3) is 0.333. The van der Waals surface area contributed by atoms with Gasteiger partial charge in [-0.05, 0) is 44.4 Å². The first kappa shape index (κ1) is 18.7. The SMILES string of the molecule is CCc1ccccc1NC(=O)C(C)(C)C(=O)NC(C)c1ccccc1. The predicted molar refractivity (Wildman–Crippen MR) is 101 cm³/mol. The van der Waals surface area contributed by atoms with Crippen LogP contribution in [0.4, 0.5) is 5.69 Å². The molecule has 2 aromatic carbocycles. The molecule has 2 aromatic rings. The van der Waals surface area contributed by atoms with Crippen LogP contribution in [0.5, 0.6) is 0 Å². The van der Waals surface area contributed by atoms with Crippen molar-refractivity contribution in [3.63, 3.8) is 0 Å². The van der Waals surface area contributed by atoms with Crippen LogP contribution < -0.4 is 10.6 Å². The van der Waals surface area contributed by atoms with Crippen LogP contribution in [0.2, 0.25) is 0 Å². The lowest BCUT2D eigenvalue weighted by molar-refractivity contribution is -0.138. The molecule has 0 spiro atoms. The van der Waals surface area contributed by atoms with E-state index in [0.29, 0.717) is 0 Å². The smallest absolute Gasteiger partial charge is 0.239 e. The third kappa shape index (κ3) is 4.47. The Morgan fingerprint density at radius 2 is 1.56 bits per heavy atom. The van der Waals surface area contributed by atoms with Crippen LogP contribution in [0.1, 0.15) is 44.9 Å². The number of carbonyl (C=O) groups is 2. The summed E-state index contributed by atoms with van der Waals surface area (Å²) in [5.41, 5.74) is 1.63. The normalized spacial score (nSPS) is 12.3. The Bertz CT molecular complexity index is 739. The van der Waals surface area contributed by atoms with Crippen LogP contribution >= 0.6 is 0 Å². The van der Waals surface area contributed by atoms with Gasteiger partial charge in [0.2, 0.25) is 11.8 Å².